The monoisotopic (exact) mass is 237 g/mol. The zero-order chi connectivity index (χ0) is 13.1. The van der Waals surface area contributed by atoms with Crippen molar-refractivity contribution in [2.24, 2.45) is 5.92 Å². The van der Waals surface area contributed by atoms with E-state index in [1.807, 2.05) is 0 Å². The van der Waals surface area contributed by atoms with Gasteiger partial charge in [0.05, 0.1) is 0 Å². The minimum absolute atomic E-state index is 0.522. The van der Waals surface area contributed by atoms with Crippen molar-refractivity contribution in [1.29, 1.82) is 0 Å². The Morgan fingerprint density at radius 3 is 2.11 bits per heavy atom. The SMILES string of the molecule is Cc1ccc([C](c2ccccc2)C(C)C)c(C)c1. The Kier molecular flexibility index (Phi) is 3.86. The highest BCUT2D eigenvalue weighted by atomic mass is 14.2. The van der Waals surface area contributed by atoms with E-state index in [1.54, 1.807) is 0 Å². The van der Waals surface area contributed by atoms with Crippen LogP contribution in [0.5, 0.6) is 0 Å². The summed E-state index contributed by atoms with van der Waals surface area (Å²) in [7, 11) is 0. The van der Waals surface area contributed by atoms with E-state index < -0.39 is 0 Å². The lowest BCUT2D eigenvalue weighted by molar-refractivity contribution is 0.707. The average molecular weight is 237 g/mol. The summed E-state index contributed by atoms with van der Waals surface area (Å²) in [6.07, 6.45) is 0. The van der Waals surface area contributed by atoms with Crippen LogP contribution in [0.3, 0.4) is 0 Å². The third-order valence-corrected chi connectivity index (χ3v) is 3.33. The molecule has 2 aromatic carbocycles. The fourth-order valence-corrected chi connectivity index (χ4v) is 2.53. The van der Waals surface area contributed by atoms with Crippen molar-refractivity contribution in [2.75, 3.05) is 0 Å². The van der Waals surface area contributed by atoms with Gasteiger partial charge in [-0.1, -0.05) is 67.9 Å². The van der Waals surface area contributed by atoms with Gasteiger partial charge in [0.15, 0.2) is 0 Å². The van der Waals surface area contributed by atoms with Gasteiger partial charge in [-0.05, 0) is 36.5 Å². The molecule has 0 fully saturated rings. The summed E-state index contributed by atoms with van der Waals surface area (Å²) in [5.74, 6) is 1.96. The molecule has 0 aliphatic heterocycles. The molecule has 0 heteroatoms. The molecule has 0 N–H and O–H groups in total. The van der Waals surface area contributed by atoms with Crippen molar-refractivity contribution in [3.05, 3.63) is 76.7 Å². The first-order valence-electron chi connectivity index (χ1n) is 6.59. The van der Waals surface area contributed by atoms with Crippen LogP contribution in [-0.4, -0.2) is 0 Å². The molecule has 0 bridgehead atoms. The smallest absolute Gasteiger partial charge is 0.0368 e. The summed E-state index contributed by atoms with van der Waals surface area (Å²) in [4.78, 5) is 0. The first-order valence-corrected chi connectivity index (χ1v) is 6.59. The van der Waals surface area contributed by atoms with Gasteiger partial charge in [0.25, 0.3) is 0 Å². The molecule has 0 nitrogen and oxygen atoms in total. The Morgan fingerprint density at radius 2 is 1.56 bits per heavy atom. The molecular formula is C18H21. The fourth-order valence-electron chi connectivity index (χ4n) is 2.53. The molecule has 0 saturated heterocycles. The van der Waals surface area contributed by atoms with Crippen LogP contribution in [-0.2, 0) is 0 Å². The average Bonchev–Trinajstić information content (AvgIpc) is 2.33. The van der Waals surface area contributed by atoms with Gasteiger partial charge in [0.2, 0.25) is 0 Å². The van der Waals surface area contributed by atoms with E-state index in [-0.39, 0.29) is 0 Å². The van der Waals surface area contributed by atoms with E-state index in [0.717, 1.165) is 0 Å². The molecule has 0 aliphatic carbocycles. The van der Waals surface area contributed by atoms with Crippen molar-refractivity contribution in [3.63, 3.8) is 0 Å². The van der Waals surface area contributed by atoms with E-state index in [0.29, 0.717) is 5.92 Å². The third kappa shape index (κ3) is 2.64. The van der Waals surface area contributed by atoms with E-state index >= 15 is 0 Å². The van der Waals surface area contributed by atoms with Gasteiger partial charge < -0.3 is 0 Å². The highest BCUT2D eigenvalue weighted by molar-refractivity contribution is 5.50. The van der Waals surface area contributed by atoms with Crippen LogP contribution in [0.1, 0.15) is 36.1 Å². The van der Waals surface area contributed by atoms with E-state index in [2.05, 4.69) is 76.2 Å². The Hall–Kier alpha value is -1.56. The van der Waals surface area contributed by atoms with Crippen molar-refractivity contribution < 1.29 is 0 Å². The second-order valence-electron chi connectivity index (χ2n) is 5.25. The van der Waals surface area contributed by atoms with Gasteiger partial charge in [-0.25, -0.2) is 0 Å². The van der Waals surface area contributed by atoms with Crippen LogP contribution in [0.15, 0.2) is 48.5 Å². The first-order chi connectivity index (χ1) is 8.59. The van der Waals surface area contributed by atoms with Crippen LogP contribution in [0.25, 0.3) is 0 Å². The summed E-state index contributed by atoms with van der Waals surface area (Å²) in [5, 5.41) is 0. The van der Waals surface area contributed by atoms with Gasteiger partial charge in [-0.3, -0.25) is 0 Å². The van der Waals surface area contributed by atoms with E-state index in [9.17, 15) is 0 Å². The van der Waals surface area contributed by atoms with Crippen LogP contribution in [0, 0.1) is 25.7 Å². The molecule has 18 heavy (non-hydrogen) atoms. The molecule has 0 atom stereocenters. The molecule has 2 aromatic rings. The van der Waals surface area contributed by atoms with Gasteiger partial charge in [-0.15, -0.1) is 0 Å². The maximum atomic E-state index is 2.27. The summed E-state index contributed by atoms with van der Waals surface area (Å²) in [6, 6.07) is 17.4. The lowest BCUT2D eigenvalue weighted by Gasteiger charge is -2.23. The van der Waals surface area contributed by atoms with Crippen LogP contribution < -0.4 is 0 Å². The van der Waals surface area contributed by atoms with Crippen LogP contribution in [0.2, 0.25) is 0 Å². The zero-order valence-electron chi connectivity index (χ0n) is 11.7. The normalized spacial score (nSPS) is 11.2. The fraction of sp³-hybridized carbons (Fsp3) is 0.278. The topological polar surface area (TPSA) is 0 Å². The molecule has 0 saturated carbocycles. The number of aryl methyl sites for hydroxylation is 2. The highest BCUT2D eigenvalue weighted by Gasteiger charge is 2.20. The maximum Gasteiger partial charge on any atom is 0.0368 e. The summed E-state index contributed by atoms with van der Waals surface area (Å²) in [6.45, 7) is 8.88. The Labute approximate surface area is 111 Å². The molecule has 0 spiro atoms. The van der Waals surface area contributed by atoms with E-state index in [1.165, 1.54) is 28.2 Å². The number of rotatable bonds is 3. The molecule has 0 aliphatic rings. The van der Waals surface area contributed by atoms with E-state index in [4.69, 9.17) is 0 Å². The molecule has 93 valence electrons. The standard InChI is InChI=1S/C18H21/c1-13(2)18(16-8-6-5-7-9-16)17-11-10-14(3)12-15(17)4/h5-13H,1-4H3. The first kappa shape index (κ1) is 12.9. The van der Waals surface area contributed by atoms with Gasteiger partial charge in [-0.2, -0.15) is 0 Å². The van der Waals surface area contributed by atoms with Crippen molar-refractivity contribution in [2.45, 2.75) is 27.7 Å². The maximum absolute atomic E-state index is 2.27. The molecule has 0 unspecified atom stereocenters. The van der Waals surface area contributed by atoms with Gasteiger partial charge in [0, 0.05) is 5.92 Å². The molecular weight excluding hydrogens is 216 g/mol. The largest absolute Gasteiger partial charge is 0.0622 e. The lowest BCUT2D eigenvalue weighted by atomic mass is 9.80. The van der Waals surface area contributed by atoms with Crippen LogP contribution in [0.4, 0.5) is 0 Å². The predicted molar refractivity (Wildman–Crippen MR) is 78.6 cm³/mol. The van der Waals surface area contributed by atoms with Crippen molar-refractivity contribution >= 4 is 0 Å². The van der Waals surface area contributed by atoms with Crippen molar-refractivity contribution in [3.8, 4) is 0 Å². The highest BCUT2D eigenvalue weighted by Crippen LogP contribution is 2.32. The molecule has 0 amide bonds. The molecule has 0 aromatic heterocycles. The second-order valence-corrected chi connectivity index (χ2v) is 5.25. The predicted octanol–water partition coefficient (Wildman–Crippen LogP) is 4.93. The van der Waals surface area contributed by atoms with Gasteiger partial charge >= 0.3 is 0 Å². The second kappa shape index (κ2) is 5.39. The summed E-state index contributed by atoms with van der Waals surface area (Å²) < 4.78 is 0. The Bertz CT molecular complexity index is 509. The number of benzene rings is 2. The summed E-state index contributed by atoms with van der Waals surface area (Å²) in [5.41, 5.74) is 5.40. The van der Waals surface area contributed by atoms with Gasteiger partial charge in [0.1, 0.15) is 0 Å². The number of hydrogen-bond donors (Lipinski definition) is 0. The molecule has 1 radical (unpaired) electrons. The molecule has 0 heterocycles. The zero-order valence-corrected chi connectivity index (χ0v) is 11.7. The van der Waals surface area contributed by atoms with Crippen molar-refractivity contribution in [1.82, 2.24) is 0 Å². The lowest BCUT2D eigenvalue weighted by Crippen LogP contribution is -2.11. The van der Waals surface area contributed by atoms with Crippen LogP contribution >= 0.6 is 0 Å². The Balaban J connectivity index is 2.49. The Morgan fingerprint density at radius 1 is 0.889 bits per heavy atom. The minimum Gasteiger partial charge on any atom is -0.0622 e. The minimum atomic E-state index is 0.522. The number of hydrogen-bond acceptors (Lipinski definition) is 0. The molecule has 2 rings (SSSR count). The quantitative estimate of drug-likeness (QED) is 0.710. The third-order valence-electron chi connectivity index (χ3n) is 3.33. The summed E-state index contributed by atoms with van der Waals surface area (Å²) >= 11 is 0.